The normalized spacial score (nSPS) is 11.5. The maximum absolute atomic E-state index is 12.4. The lowest BCUT2D eigenvalue weighted by atomic mass is 10.3. The molecule has 0 atom stereocenters. The Morgan fingerprint density at radius 3 is 2.75 bits per heavy atom. The molecular formula is C5H5F2N3O2. The maximum atomic E-state index is 12.4. The molecule has 0 amide bonds. The molecule has 0 unspecified atom stereocenters. The third-order valence-electron chi connectivity index (χ3n) is 1.15. The third-order valence-corrected chi connectivity index (χ3v) is 1.15. The summed E-state index contributed by atoms with van der Waals surface area (Å²) in [6.07, 6.45) is 2.36. The number of rotatable bonds is 3. The van der Waals surface area contributed by atoms with E-state index in [2.05, 4.69) is 10.3 Å². The smallest absolute Gasteiger partial charge is 0.376 e. The van der Waals surface area contributed by atoms with Crippen LogP contribution in [-0.2, 0) is 11.3 Å². The van der Waals surface area contributed by atoms with Crippen LogP contribution in [0.1, 0.15) is 0 Å². The molecule has 1 heterocycles. The molecule has 0 fully saturated rings. The number of carboxylic acid groups (broad SMARTS) is 1. The molecular weight excluding hydrogens is 172 g/mol. The lowest BCUT2D eigenvalue weighted by molar-refractivity contribution is -0.167. The van der Waals surface area contributed by atoms with E-state index < -0.39 is 18.4 Å². The second-order valence-corrected chi connectivity index (χ2v) is 2.11. The number of hydrogen-bond donors (Lipinski definition) is 1. The number of carboxylic acids is 1. The molecule has 1 aromatic rings. The van der Waals surface area contributed by atoms with Gasteiger partial charge in [-0.2, -0.15) is 8.78 Å². The first-order chi connectivity index (χ1) is 5.52. The third kappa shape index (κ3) is 1.74. The summed E-state index contributed by atoms with van der Waals surface area (Å²) < 4.78 is 25.6. The van der Waals surface area contributed by atoms with E-state index in [-0.39, 0.29) is 0 Å². The van der Waals surface area contributed by atoms with Crippen molar-refractivity contribution in [2.45, 2.75) is 12.5 Å². The predicted octanol–water partition coefficient (Wildman–Crippen LogP) is -0.00200. The summed E-state index contributed by atoms with van der Waals surface area (Å²) in [7, 11) is 0. The van der Waals surface area contributed by atoms with Gasteiger partial charge in [-0.25, -0.2) is 9.48 Å². The van der Waals surface area contributed by atoms with E-state index in [4.69, 9.17) is 5.11 Å². The Morgan fingerprint density at radius 1 is 1.67 bits per heavy atom. The molecule has 0 saturated heterocycles. The molecule has 0 radical (unpaired) electrons. The van der Waals surface area contributed by atoms with Crippen LogP contribution in [-0.4, -0.2) is 32.0 Å². The van der Waals surface area contributed by atoms with Gasteiger partial charge in [-0.15, -0.1) is 5.10 Å². The molecule has 0 aliphatic heterocycles. The van der Waals surface area contributed by atoms with E-state index in [1.165, 1.54) is 6.20 Å². The second kappa shape index (κ2) is 2.84. The highest BCUT2D eigenvalue weighted by Crippen LogP contribution is 2.15. The van der Waals surface area contributed by atoms with Crippen molar-refractivity contribution in [2.24, 2.45) is 0 Å². The molecule has 1 aromatic heterocycles. The highest BCUT2D eigenvalue weighted by atomic mass is 19.3. The fraction of sp³-hybridized carbons (Fsp3) is 0.400. The van der Waals surface area contributed by atoms with E-state index in [0.717, 1.165) is 10.9 Å². The standard InChI is InChI=1S/C5H5F2N3O2/c6-5(7,4(11)12)3-10-2-1-8-9-10/h1-2H,3H2,(H,11,12). The van der Waals surface area contributed by atoms with Crippen LogP contribution in [0.4, 0.5) is 8.78 Å². The number of carbonyl (C=O) groups is 1. The Morgan fingerprint density at radius 2 is 2.33 bits per heavy atom. The Labute approximate surface area is 65.6 Å². The largest absolute Gasteiger partial charge is 0.477 e. The molecule has 0 saturated carbocycles. The van der Waals surface area contributed by atoms with Crippen molar-refractivity contribution >= 4 is 5.97 Å². The van der Waals surface area contributed by atoms with Crippen molar-refractivity contribution in [3.05, 3.63) is 12.4 Å². The molecule has 0 spiro atoms. The molecule has 7 heteroatoms. The Kier molecular flexibility index (Phi) is 2.03. The van der Waals surface area contributed by atoms with Crippen molar-refractivity contribution in [2.75, 3.05) is 0 Å². The number of nitrogens with zero attached hydrogens (tertiary/aromatic N) is 3. The summed E-state index contributed by atoms with van der Waals surface area (Å²) >= 11 is 0. The molecule has 1 N–H and O–H groups in total. The van der Waals surface area contributed by atoms with Gasteiger partial charge < -0.3 is 5.11 Å². The van der Waals surface area contributed by atoms with Crippen LogP contribution in [0.5, 0.6) is 0 Å². The summed E-state index contributed by atoms with van der Waals surface area (Å²) in [5.74, 6) is -5.97. The highest BCUT2D eigenvalue weighted by molar-refractivity contribution is 5.75. The molecule has 66 valence electrons. The number of alkyl halides is 2. The monoisotopic (exact) mass is 177 g/mol. The average Bonchev–Trinajstić information content (AvgIpc) is 2.38. The van der Waals surface area contributed by atoms with Gasteiger partial charge in [0.15, 0.2) is 0 Å². The van der Waals surface area contributed by atoms with Crippen molar-refractivity contribution in [3.63, 3.8) is 0 Å². The van der Waals surface area contributed by atoms with Crippen molar-refractivity contribution in [3.8, 4) is 0 Å². The van der Waals surface area contributed by atoms with Gasteiger partial charge in [0.25, 0.3) is 0 Å². The van der Waals surface area contributed by atoms with Crippen molar-refractivity contribution in [1.82, 2.24) is 15.0 Å². The lowest BCUT2D eigenvalue weighted by Crippen LogP contribution is -2.33. The van der Waals surface area contributed by atoms with Gasteiger partial charge in [0.05, 0.1) is 6.20 Å². The number of aliphatic carboxylic acids is 1. The van der Waals surface area contributed by atoms with Gasteiger partial charge in [-0.05, 0) is 0 Å². The minimum atomic E-state index is -3.80. The summed E-state index contributed by atoms with van der Waals surface area (Å²) in [5.41, 5.74) is 0. The SMILES string of the molecule is O=C(O)C(F)(F)Cn1ccnn1. The molecule has 12 heavy (non-hydrogen) atoms. The average molecular weight is 177 g/mol. The molecule has 1 rings (SSSR count). The quantitative estimate of drug-likeness (QED) is 0.705. The number of aromatic nitrogens is 3. The Hall–Kier alpha value is -1.53. The van der Waals surface area contributed by atoms with E-state index in [0.29, 0.717) is 0 Å². The summed E-state index contributed by atoms with van der Waals surface area (Å²) in [6.45, 7) is -0.998. The maximum Gasteiger partial charge on any atom is 0.376 e. The van der Waals surface area contributed by atoms with E-state index in [1.54, 1.807) is 0 Å². The van der Waals surface area contributed by atoms with E-state index in [9.17, 15) is 13.6 Å². The van der Waals surface area contributed by atoms with Gasteiger partial charge in [-0.1, -0.05) is 5.21 Å². The summed E-state index contributed by atoms with van der Waals surface area (Å²) in [6, 6.07) is 0. The van der Waals surface area contributed by atoms with Crippen LogP contribution in [0.15, 0.2) is 12.4 Å². The lowest BCUT2D eigenvalue weighted by Gasteiger charge is -2.09. The van der Waals surface area contributed by atoms with E-state index in [1.807, 2.05) is 0 Å². The summed E-state index contributed by atoms with van der Waals surface area (Å²) in [4.78, 5) is 9.94. The second-order valence-electron chi connectivity index (χ2n) is 2.11. The first kappa shape index (κ1) is 8.57. The highest BCUT2D eigenvalue weighted by Gasteiger charge is 2.39. The predicted molar refractivity (Wildman–Crippen MR) is 32.6 cm³/mol. The fourth-order valence-electron chi connectivity index (χ4n) is 0.588. The van der Waals surface area contributed by atoms with Gasteiger partial charge in [-0.3, -0.25) is 0 Å². The Balaban J connectivity index is 2.69. The van der Waals surface area contributed by atoms with Gasteiger partial charge in [0.2, 0.25) is 0 Å². The van der Waals surface area contributed by atoms with Gasteiger partial charge in [0, 0.05) is 6.20 Å². The number of halogens is 2. The molecule has 0 bridgehead atoms. The van der Waals surface area contributed by atoms with Crippen LogP contribution >= 0.6 is 0 Å². The zero-order valence-electron chi connectivity index (χ0n) is 5.81. The van der Waals surface area contributed by atoms with Crippen molar-refractivity contribution < 1.29 is 18.7 Å². The van der Waals surface area contributed by atoms with Gasteiger partial charge in [0.1, 0.15) is 6.54 Å². The molecule has 0 aromatic carbocycles. The first-order valence-corrected chi connectivity index (χ1v) is 2.98. The topological polar surface area (TPSA) is 68.0 Å². The van der Waals surface area contributed by atoms with E-state index >= 15 is 0 Å². The van der Waals surface area contributed by atoms with Crippen LogP contribution in [0.2, 0.25) is 0 Å². The fourth-order valence-corrected chi connectivity index (χ4v) is 0.588. The van der Waals surface area contributed by atoms with Crippen LogP contribution in [0.3, 0.4) is 0 Å². The molecule has 0 aliphatic rings. The van der Waals surface area contributed by atoms with Gasteiger partial charge >= 0.3 is 11.9 Å². The van der Waals surface area contributed by atoms with Crippen LogP contribution < -0.4 is 0 Å². The Bertz CT molecular complexity index is 272. The molecule has 5 nitrogen and oxygen atoms in total. The molecule has 0 aliphatic carbocycles. The van der Waals surface area contributed by atoms with Crippen LogP contribution in [0.25, 0.3) is 0 Å². The zero-order valence-corrected chi connectivity index (χ0v) is 5.81. The first-order valence-electron chi connectivity index (χ1n) is 2.98. The summed E-state index contributed by atoms with van der Waals surface area (Å²) in [5, 5.41) is 14.5. The van der Waals surface area contributed by atoms with Crippen LogP contribution in [0, 0.1) is 0 Å². The van der Waals surface area contributed by atoms with Crippen molar-refractivity contribution in [1.29, 1.82) is 0 Å². The number of hydrogen-bond acceptors (Lipinski definition) is 3. The minimum Gasteiger partial charge on any atom is -0.477 e. The minimum absolute atomic E-state index is 0.758. The zero-order chi connectivity index (χ0) is 9.19.